The summed E-state index contributed by atoms with van der Waals surface area (Å²) in [5.74, 6) is 1.87. The maximum atomic E-state index is 13.7. The Balaban J connectivity index is 2.01. The number of Topliss-reactive ketones (excluding diaryl/α,β-unsaturated/α-hetero) is 1. The molecule has 0 heterocycles. The molecule has 172 valence electrons. The molecular weight excluding hydrogens is 414 g/mol. The standard InChI is InChI=1S/C28H31NO4/c1-6-21-16-23(17-26(28(21)32-5)33-19-20-10-8-7-9-11-20)27(30)25(18-29(2)3)22-12-14-24(31-4)15-13-22/h7-18H,6,19H2,1-5H3/b25-18+. The molecule has 5 heteroatoms. The van der Waals surface area contributed by atoms with E-state index in [0.29, 0.717) is 35.7 Å². The maximum Gasteiger partial charge on any atom is 0.195 e. The lowest BCUT2D eigenvalue weighted by atomic mass is 9.95. The number of carbonyl (C=O) groups excluding carboxylic acids is 1. The van der Waals surface area contributed by atoms with Crippen LogP contribution in [0, 0.1) is 0 Å². The van der Waals surface area contributed by atoms with E-state index in [-0.39, 0.29) is 5.78 Å². The van der Waals surface area contributed by atoms with Gasteiger partial charge in [-0.15, -0.1) is 0 Å². The van der Waals surface area contributed by atoms with Gasteiger partial charge in [-0.1, -0.05) is 49.4 Å². The summed E-state index contributed by atoms with van der Waals surface area (Å²) in [5.41, 5.74) is 3.92. The van der Waals surface area contributed by atoms with E-state index in [1.807, 2.05) is 92.8 Å². The van der Waals surface area contributed by atoms with Gasteiger partial charge in [-0.25, -0.2) is 0 Å². The van der Waals surface area contributed by atoms with Crippen LogP contribution >= 0.6 is 0 Å². The summed E-state index contributed by atoms with van der Waals surface area (Å²) in [6, 6.07) is 21.1. The van der Waals surface area contributed by atoms with Crippen molar-refractivity contribution >= 4 is 11.4 Å². The summed E-state index contributed by atoms with van der Waals surface area (Å²) < 4.78 is 17.0. The highest BCUT2D eigenvalue weighted by molar-refractivity contribution is 6.29. The number of carbonyl (C=O) groups is 1. The van der Waals surface area contributed by atoms with E-state index in [4.69, 9.17) is 14.2 Å². The normalized spacial score (nSPS) is 11.1. The van der Waals surface area contributed by atoms with Crippen LogP contribution in [0.15, 0.2) is 72.9 Å². The predicted molar refractivity (Wildman–Crippen MR) is 132 cm³/mol. The molecule has 3 rings (SSSR count). The summed E-state index contributed by atoms with van der Waals surface area (Å²) in [6.07, 6.45) is 2.55. The molecule has 0 saturated heterocycles. The van der Waals surface area contributed by atoms with Gasteiger partial charge in [0.25, 0.3) is 0 Å². The van der Waals surface area contributed by atoms with Gasteiger partial charge in [-0.05, 0) is 47.4 Å². The van der Waals surface area contributed by atoms with Gasteiger partial charge in [0, 0.05) is 31.4 Å². The molecule has 33 heavy (non-hydrogen) atoms. The van der Waals surface area contributed by atoms with Crippen LogP contribution < -0.4 is 14.2 Å². The van der Waals surface area contributed by atoms with Crippen molar-refractivity contribution in [2.45, 2.75) is 20.0 Å². The zero-order valence-corrected chi connectivity index (χ0v) is 19.9. The number of allylic oxidation sites excluding steroid dienone is 1. The summed E-state index contributed by atoms with van der Waals surface area (Å²) in [7, 11) is 7.05. The molecule has 3 aromatic carbocycles. The van der Waals surface area contributed by atoms with Crippen molar-refractivity contribution in [1.82, 2.24) is 4.90 Å². The van der Waals surface area contributed by atoms with Gasteiger partial charge in [0.05, 0.1) is 14.2 Å². The van der Waals surface area contributed by atoms with Gasteiger partial charge in [-0.3, -0.25) is 4.79 Å². The minimum Gasteiger partial charge on any atom is -0.497 e. The fourth-order valence-electron chi connectivity index (χ4n) is 3.58. The van der Waals surface area contributed by atoms with E-state index in [2.05, 4.69) is 0 Å². The van der Waals surface area contributed by atoms with Crippen molar-refractivity contribution in [2.24, 2.45) is 0 Å². The summed E-state index contributed by atoms with van der Waals surface area (Å²) in [4.78, 5) is 15.6. The van der Waals surface area contributed by atoms with Crippen molar-refractivity contribution in [1.29, 1.82) is 0 Å². The van der Waals surface area contributed by atoms with Crippen LogP contribution in [0.25, 0.3) is 5.57 Å². The Bertz CT molecular complexity index is 1100. The van der Waals surface area contributed by atoms with Crippen molar-refractivity contribution in [2.75, 3.05) is 28.3 Å². The minimum atomic E-state index is -0.0872. The van der Waals surface area contributed by atoms with E-state index in [1.54, 1.807) is 20.3 Å². The number of benzene rings is 3. The molecule has 0 bridgehead atoms. The summed E-state index contributed by atoms with van der Waals surface area (Å²) in [5, 5.41) is 0. The molecule has 0 atom stereocenters. The fraction of sp³-hybridized carbons (Fsp3) is 0.250. The summed E-state index contributed by atoms with van der Waals surface area (Å²) in [6.45, 7) is 2.42. The maximum absolute atomic E-state index is 13.7. The van der Waals surface area contributed by atoms with Gasteiger partial charge in [0.1, 0.15) is 12.4 Å². The topological polar surface area (TPSA) is 48.0 Å². The second-order valence-corrected chi connectivity index (χ2v) is 7.86. The average molecular weight is 446 g/mol. The highest BCUT2D eigenvalue weighted by atomic mass is 16.5. The number of ketones is 1. The van der Waals surface area contributed by atoms with E-state index in [1.165, 1.54) is 0 Å². The van der Waals surface area contributed by atoms with Crippen molar-refractivity contribution in [3.63, 3.8) is 0 Å². The molecule has 0 aliphatic heterocycles. The summed E-state index contributed by atoms with van der Waals surface area (Å²) >= 11 is 0. The van der Waals surface area contributed by atoms with Crippen LogP contribution in [0.5, 0.6) is 17.2 Å². The van der Waals surface area contributed by atoms with Gasteiger partial charge in [0.2, 0.25) is 0 Å². The highest BCUT2D eigenvalue weighted by Crippen LogP contribution is 2.35. The first-order valence-corrected chi connectivity index (χ1v) is 10.9. The SMILES string of the molecule is CCc1cc(C(=O)/C(=C/N(C)C)c2ccc(OC)cc2)cc(OCc2ccccc2)c1OC. The van der Waals surface area contributed by atoms with Crippen molar-refractivity contribution in [3.8, 4) is 17.2 Å². The number of nitrogens with zero attached hydrogens (tertiary/aromatic N) is 1. The highest BCUT2D eigenvalue weighted by Gasteiger charge is 2.20. The molecule has 0 unspecified atom stereocenters. The zero-order chi connectivity index (χ0) is 23.8. The quantitative estimate of drug-likeness (QED) is 0.299. The molecule has 0 N–H and O–H groups in total. The molecule has 0 aromatic heterocycles. The number of hydrogen-bond donors (Lipinski definition) is 0. The number of methoxy groups -OCH3 is 2. The third kappa shape index (κ3) is 5.95. The van der Waals surface area contributed by atoms with E-state index >= 15 is 0 Å². The Morgan fingerprint density at radius 2 is 1.61 bits per heavy atom. The van der Waals surface area contributed by atoms with Gasteiger partial charge < -0.3 is 19.1 Å². The third-order valence-electron chi connectivity index (χ3n) is 5.25. The zero-order valence-electron chi connectivity index (χ0n) is 19.9. The number of aryl methyl sites for hydroxylation is 1. The second-order valence-electron chi connectivity index (χ2n) is 7.86. The number of hydrogen-bond acceptors (Lipinski definition) is 5. The lowest BCUT2D eigenvalue weighted by Crippen LogP contribution is -2.11. The first-order chi connectivity index (χ1) is 16.0. The monoisotopic (exact) mass is 445 g/mol. The number of ether oxygens (including phenoxy) is 3. The molecule has 5 nitrogen and oxygen atoms in total. The van der Waals surface area contributed by atoms with Crippen LogP contribution in [-0.2, 0) is 13.0 Å². The Morgan fingerprint density at radius 1 is 0.909 bits per heavy atom. The second kappa shape index (κ2) is 11.2. The molecular formula is C28H31NO4. The Labute approximate surface area is 196 Å². The van der Waals surface area contributed by atoms with Crippen molar-refractivity contribution < 1.29 is 19.0 Å². The van der Waals surface area contributed by atoms with E-state index < -0.39 is 0 Å². The van der Waals surface area contributed by atoms with E-state index in [9.17, 15) is 4.79 Å². The van der Waals surface area contributed by atoms with Crippen LogP contribution in [-0.4, -0.2) is 39.0 Å². The Hall–Kier alpha value is -3.73. The average Bonchev–Trinajstić information content (AvgIpc) is 2.85. The van der Waals surface area contributed by atoms with Crippen molar-refractivity contribution in [3.05, 3.63) is 95.2 Å². The van der Waals surface area contributed by atoms with Gasteiger partial charge >= 0.3 is 0 Å². The molecule has 0 aliphatic rings. The molecule has 0 aliphatic carbocycles. The molecule has 0 radical (unpaired) electrons. The lowest BCUT2D eigenvalue weighted by molar-refractivity contribution is 0.105. The van der Waals surface area contributed by atoms with Crippen LogP contribution in [0.3, 0.4) is 0 Å². The lowest BCUT2D eigenvalue weighted by Gasteiger charge is -2.17. The van der Waals surface area contributed by atoms with Gasteiger partial charge in [-0.2, -0.15) is 0 Å². The fourth-order valence-corrected chi connectivity index (χ4v) is 3.58. The Kier molecular flexibility index (Phi) is 8.14. The third-order valence-corrected chi connectivity index (χ3v) is 5.25. The number of rotatable bonds is 10. The molecule has 0 saturated carbocycles. The van der Waals surface area contributed by atoms with Crippen LogP contribution in [0.2, 0.25) is 0 Å². The molecule has 0 fully saturated rings. The Morgan fingerprint density at radius 3 is 2.18 bits per heavy atom. The van der Waals surface area contributed by atoms with Crippen LogP contribution in [0.4, 0.5) is 0 Å². The van der Waals surface area contributed by atoms with Gasteiger partial charge in [0.15, 0.2) is 17.3 Å². The molecule has 0 amide bonds. The molecule has 3 aromatic rings. The van der Waals surface area contributed by atoms with E-state index in [0.717, 1.165) is 22.4 Å². The smallest absolute Gasteiger partial charge is 0.195 e. The largest absolute Gasteiger partial charge is 0.497 e. The first kappa shape index (κ1) is 23.9. The molecule has 0 spiro atoms. The van der Waals surface area contributed by atoms with Crippen LogP contribution in [0.1, 0.15) is 34.0 Å². The first-order valence-electron chi connectivity index (χ1n) is 10.9. The predicted octanol–water partition coefficient (Wildman–Crippen LogP) is 5.63. The minimum absolute atomic E-state index is 0.0872.